The molecule has 10 nitrogen and oxygen atoms in total. The number of hydrogen-bond donors (Lipinski definition) is 5. The summed E-state index contributed by atoms with van der Waals surface area (Å²) in [6.07, 6.45) is -3.73. The van der Waals surface area contributed by atoms with Crippen LogP contribution in [0.25, 0.3) is 0 Å². The molecule has 0 radical (unpaired) electrons. The molecule has 27 heavy (non-hydrogen) atoms. The molecule has 1 saturated heterocycles. The number of aliphatic hydroxyl groups excluding tert-OH is 4. The van der Waals surface area contributed by atoms with E-state index in [4.69, 9.17) is 14.7 Å². The molecule has 2 aliphatic rings. The van der Waals surface area contributed by atoms with Gasteiger partial charge in [-0.15, -0.1) is 0 Å². The van der Waals surface area contributed by atoms with E-state index in [0.717, 1.165) is 11.0 Å². The van der Waals surface area contributed by atoms with Gasteiger partial charge in [0.1, 0.15) is 24.1 Å². The molecule has 5 N–H and O–H groups in total. The average Bonchev–Trinajstić information content (AvgIpc) is 2.94. The number of amidine groups is 1. The summed E-state index contributed by atoms with van der Waals surface area (Å²) in [5.41, 5.74) is 2.22. The van der Waals surface area contributed by atoms with Crippen LogP contribution in [0.3, 0.4) is 0 Å². The number of benzene rings is 1. The van der Waals surface area contributed by atoms with E-state index in [1.807, 2.05) is 0 Å². The van der Waals surface area contributed by atoms with Crippen LogP contribution in [0.1, 0.15) is 10.4 Å². The van der Waals surface area contributed by atoms with Gasteiger partial charge in [0.2, 0.25) is 6.35 Å². The molecule has 1 unspecified atom stereocenters. The summed E-state index contributed by atoms with van der Waals surface area (Å²) in [4.78, 5) is 21.5. The molecule has 0 aliphatic carbocycles. The predicted molar refractivity (Wildman–Crippen MR) is 87.1 cm³/mol. The second-order valence-electron chi connectivity index (χ2n) is 5.85. The number of rotatable bonds is 3. The number of nitrogens with zero attached hydrogens (tertiary/aromatic N) is 2. The molecule has 146 valence electrons. The lowest BCUT2D eigenvalue weighted by molar-refractivity contribution is -0.130. The Morgan fingerprint density at radius 2 is 2.11 bits per heavy atom. The Kier molecular flexibility index (Phi) is 5.68. The zero-order valence-corrected chi connectivity index (χ0v) is 13.8. The summed E-state index contributed by atoms with van der Waals surface area (Å²) in [5.74, 6) is -1.47. The number of aliphatic hydroxyl groups is 4. The van der Waals surface area contributed by atoms with Crippen molar-refractivity contribution in [2.24, 2.45) is 4.99 Å². The van der Waals surface area contributed by atoms with E-state index in [1.54, 1.807) is 0 Å². The van der Waals surface area contributed by atoms with Gasteiger partial charge in [0.05, 0.1) is 12.2 Å². The number of hydroxylamine groups is 1. The number of carbonyl (C=O) groups excluding carboxylic acids is 1. The fourth-order valence-electron chi connectivity index (χ4n) is 2.64. The first-order chi connectivity index (χ1) is 12.9. The van der Waals surface area contributed by atoms with Crippen LogP contribution in [0.4, 0.5) is 4.39 Å². The predicted octanol–water partition coefficient (Wildman–Crippen LogP) is -1.57. The van der Waals surface area contributed by atoms with Crippen LogP contribution in [0.15, 0.2) is 41.5 Å². The summed E-state index contributed by atoms with van der Waals surface area (Å²) in [6, 6.07) is 4.90. The van der Waals surface area contributed by atoms with E-state index in [1.165, 1.54) is 30.5 Å². The van der Waals surface area contributed by atoms with E-state index in [-0.39, 0.29) is 11.4 Å². The molecule has 1 aromatic carbocycles. The van der Waals surface area contributed by atoms with Crippen molar-refractivity contribution in [1.29, 1.82) is 0 Å². The number of nitrogens with one attached hydrogen (secondary N) is 1. The van der Waals surface area contributed by atoms with E-state index in [9.17, 15) is 24.5 Å². The largest absolute Gasteiger partial charge is 0.394 e. The van der Waals surface area contributed by atoms with Crippen molar-refractivity contribution in [2.75, 3.05) is 6.61 Å². The number of ether oxygens (including phenoxy) is 1. The van der Waals surface area contributed by atoms with Crippen molar-refractivity contribution < 1.29 is 39.2 Å². The normalized spacial score (nSPS) is 30.2. The second kappa shape index (κ2) is 7.98. The Labute approximate surface area is 152 Å². The van der Waals surface area contributed by atoms with Crippen molar-refractivity contribution in [3.8, 4) is 0 Å². The molecule has 2 aliphatic heterocycles. The highest BCUT2D eigenvalue weighted by atomic mass is 19.1. The number of carbonyl (C=O) groups is 1. The van der Waals surface area contributed by atoms with Gasteiger partial charge in [-0.05, 0) is 24.3 Å². The number of aliphatic imine (C=N–C) groups is 1. The summed E-state index contributed by atoms with van der Waals surface area (Å²) in [6.45, 7) is -0.505. The quantitative estimate of drug-likeness (QED) is 0.391. The van der Waals surface area contributed by atoms with Gasteiger partial charge in [-0.1, -0.05) is 6.07 Å². The highest BCUT2D eigenvalue weighted by Crippen LogP contribution is 2.26. The molecule has 0 bridgehead atoms. The highest BCUT2D eigenvalue weighted by molar-refractivity contribution is 5.95. The maximum atomic E-state index is 13.1. The van der Waals surface area contributed by atoms with E-state index in [2.05, 4.69) is 10.5 Å². The second-order valence-corrected chi connectivity index (χ2v) is 5.85. The van der Waals surface area contributed by atoms with Crippen LogP contribution in [-0.4, -0.2) is 74.6 Å². The lowest BCUT2D eigenvalue weighted by Gasteiger charge is -2.33. The third-order valence-electron chi connectivity index (χ3n) is 4.05. The van der Waals surface area contributed by atoms with Crippen molar-refractivity contribution in [3.05, 3.63) is 47.9 Å². The summed E-state index contributed by atoms with van der Waals surface area (Å²) in [7, 11) is 0. The zero-order valence-electron chi connectivity index (χ0n) is 13.8. The van der Waals surface area contributed by atoms with Gasteiger partial charge in [-0.2, -0.15) is 0 Å². The van der Waals surface area contributed by atoms with Gasteiger partial charge in [-0.25, -0.2) is 19.7 Å². The standard InChI is InChI=1S/C16H18FN3O7/c17-9-3-1-2-8(6-9)15(24)27-19-11-4-5-20(16(25)18-11)14-13(23)12(22)10(7-21)26-14/h1-6,10,12-14,16,21-23,25H,7H2,(H,18,19)/t10-,12-,13-,14-,16?/m1/s1. The minimum Gasteiger partial charge on any atom is -0.394 e. The molecule has 3 rings (SSSR count). The monoisotopic (exact) mass is 383 g/mol. The lowest BCUT2D eigenvalue weighted by Crippen LogP contribution is -2.48. The molecular formula is C16H18FN3O7. The van der Waals surface area contributed by atoms with E-state index in [0.29, 0.717) is 0 Å². The maximum Gasteiger partial charge on any atom is 0.362 e. The van der Waals surface area contributed by atoms with Crippen molar-refractivity contribution in [2.45, 2.75) is 30.9 Å². The number of halogens is 1. The fraction of sp³-hybridized carbons (Fsp3) is 0.375. The van der Waals surface area contributed by atoms with Crippen molar-refractivity contribution >= 4 is 11.8 Å². The molecule has 2 heterocycles. The van der Waals surface area contributed by atoms with Crippen LogP contribution < -0.4 is 5.48 Å². The van der Waals surface area contributed by atoms with Crippen LogP contribution >= 0.6 is 0 Å². The Morgan fingerprint density at radius 3 is 2.74 bits per heavy atom. The first-order valence-corrected chi connectivity index (χ1v) is 7.97. The first kappa shape index (κ1) is 19.2. The van der Waals surface area contributed by atoms with Gasteiger partial charge in [0.25, 0.3) is 0 Å². The molecule has 0 aromatic heterocycles. The van der Waals surface area contributed by atoms with Crippen LogP contribution in [0.2, 0.25) is 0 Å². The Hall–Kier alpha value is -2.57. The third kappa shape index (κ3) is 4.07. The minimum absolute atomic E-state index is 0.0171. The van der Waals surface area contributed by atoms with Crippen molar-refractivity contribution in [1.82, 2.24) is 10.4 Å². The van der Waals surface area contributed by atoms with E-state index < -0.39 is 49.3 Å². The average molecular weight is 383 g/mol. The van der Waals surface area contributed by atoms with Gasteiger partial charge >= 0.3 is 5.97 Å². The topological polar surface area (TPSA) is 144 Å². The Balaban J connectivity index is 1.59. The van der Waals surface area contributed by atoms with Crippen molar-refractivity contribution in [3.63, 3.8) is 0 Å². The molecule has 11 heteroatoms. The Bertz CT molecular complexity index is 759. The fourth-order valence-corrected chi connectivity index (χ4v) is 2.64. The van der Waals surface area contributed by atoms with Crippen LogP contribution in [0, 0.1) is 5.82 Å². The van der Waals surface area contributed by atoms with Gasteiger partial charge in [0, 0.05) is 6.20 Å². The lowest BCUT2D eigenvalue weighted by atomic mass is 10.1. The van der Waals surface area contributed by atoms with E-state index >= 15 is 0 Å². The smallest absolute Gasteiger partial charge is 0.362 e. The van der Waals surface area contributed by atoms with Gasteiger partial charge < -0.3 is 34.9 Å². The van der Waals surface area contributed by atoms with Crippen LogP contribution in [0.5, 0.6) is 0 Å². The zero-order chi connectivity index (χ0) is 19.6. The number of hydrogen-bond acceptors (Lipinski definition) is 10. The third-order valence-corrected chi connectivity index (χ3v) is 4.05. The molecule has 0 spiro atoms. The maximum absolute atomic E-state index is 13.1. The molecule has 1 fully saturated rings. The highest BCUT2D eigenvalue weighted by Gasteiger charge is 2.46. The SMILES string of the molecule is O=C(ONC1=NC(O)N([C@@H]2O[C@H](CO)[C@@H](O)[C@H]2O)C=C1)c1cccc(F)c1. The summed E-state index contributed by atoms with van der Waals surface area (Å²) in [5, 5.41) is 39.0. The van der Waals surface area contributed by atoms with Crippen LogP contribution in [-0.2, 0) is 9.57 Å². The van der Waals surface area contributed by atoms with Gasteiger partial charge in [-0.3, -0.25) is 0 Å². The summed E-state index contributed by atoms with van der Waals surface area (Å²) >= 11 is 0. The Morgan fingerprint density at radius 1 is 1.33 bits per heavy atom. The molecule has 5 atom stereocenters. The molecule has 0 amide bonds. The minimum atomic E-state index is -1.52. The first-order valence-electron chi connectivity index (χ1n) is 7.97. The molecular weight excluding hydrogens is 365 g/mol. The van der Waals surface area contributed by atoms with Gasteiger partial charge in [0.15, 0.2) is 12.1 Å². The molecule has 1 aromatic rings. The summed E-state index contributed by atoms with van der Waals surface area (Å²) < 4.78 is 18.4. The molecule has 0 saturated carbocycles.